The quantitative estimate of drug-likeness (QED) is 0.926. The van der Waals surface area contributed by atoms with Crippen LogP contribution in [0.5, 0.6) is 0 Å². The number of benzene rings is 1. The predicted octanol–water partition coefficient (Wildman–Crippen LogP) is 1.98. The number of piperidine rings is 1. The summed E-state index contributed by atoms with van der Waals surface area (Å²) in [6, 6.07) is 9.08. The number of carbonyl (C=O) groups excluding carboxylic acids is 1. The number of sulfonamides is 1. The fourth-order valence-electron chi connectivity index (χ4n) is 2.96. The molecular formula is C16H20N2O4S. The van der Waals surface area contributed by atoms with Crippen molar-refractivity contribution in [1.29, 1.82) is 0 Å². The van der Waals surface area contributed by atoms with Gasteiger partial charge in [-0.05, 0) is 31.4 Å². The molecule has 0 radical (unpaired) electrons. The second kappa shape index (κ2) is 6.33. The smallest absolute Gasteiger partial charge is 0.289 e. The average Bonchev–Trinajstić information content (AvgIpc) is 2.96. The number of hydrogen-bond acceptors (Lipinski definition) is 4. The standard InChI is InChI=1S/C16H20N2O4S/c1-23(20,21)17-11-13-7-4-5-9-18(13)16(19)15-10-12-6-2-3-8-14(12)22-15/h2-3,6,8,10,13,17H,4-5,7,9,11H2,1H3. The normalized spacial score (nSPS) is 19.2. The van der Waals surface area contributed by atoms with Crippen molar-refractivity contribution in [3.05, 3.63) is 36.1 Å². The Kier molecular flexibility index (Phi) is 4.41. The van der Waals surface area contributed by atoms with Crippen LogP contribution in [0.1, 0.15) is 29.8 Å². The van der Waals surface area contributed by atoms with E-state index in [1.165, 1.54) is 0 Å². The number of para-hydroxylation sites is 1. The highest BCUT2D eigenvalue weighted by atomic mass is 32.2. The van der Waals surface area contributed by atoms with Gasteiger partial charge in [-0.2, -0.15) is 0 Å². The number of furan rings is 1. The van der Waals surface area contributed by atoms with Crippen LogP contribution in [0, 0.1) is 0 Å². The van der Waals surface area contributed by atoms with E-state index in [1.54, 1.807) is 11.0 Å². The molecule has 1 aliphatic heterocycles. The van der Waals surface area contributed by atoms with Crippen molar-refractivity contribution in [1.82, 2.24) is 9.62 Å². The lowest BCUT2D eigenvalue weighted by Gasteiger charge is -2.35. The maximum Gasteiger partial charge on any atom is 0.289 e. The molecule has 1 aromatic heterocycles. The van der Waals surface area contributed by atoms with Gasteiger partial charge in [-0.15, -0.1) is 0 Å². The maximum absolute atomic E-state index is 12.8. The van der Waals surface area contributed by atoms with Gasteiger partial charge in [0.05, 0.1) is 6.26 Å². The number of hydrogen-bond donors (Lipinski definition) is 1. The number of likely N-dealkylation sites (tertiary alicyclic amines) is 1. The summed E-state index contributed by atoms with van der Waals surface area (Å²) in [7, 11) is -3.27. The van der Waals surface area contributed by atoms with Crippen molar-refractivity contribution < 1.29 is 17.6 Å². The molecule has 0 spiro atoms. The molecule has 7 heteroatoms. The van der Waals surface area contributed by atoms with Crippen LogP contribution in [0.3, 0.4) is 0 Å². The zero-order valence-corrected chi connectivity index (χ0v) is 13.8. The molecular weight excluding hydrogens is 316 g/mol. The summed E-state index contributed by atoms with van der Waals surface area (Å²) < 4.78 is 30.8. The largest absolute Gasteiger partial charge is 0.451 e. The highest BCUT2D eigenvalue weighted by Gasteiger charge is 2.29. The first kappa shape index (κ1) is 16.0. The van der Waals surface area contributed by atoms with Crippen LogP contribution in [0.25, 0.3) is 11.0 Å². The van der Waals surface area contributed by atoms with E-state index in [-0.39, 0.29) is 18.5 Å². The minimum Gasteiger partial charge on any atom is -0.451 e. The Balaban J connectivity index is 1.80. The molecule has 0 aliphatic carbocycles. The summed E-state index contributed by atoms with van der Waals surface area (Å²) in [4.78, 5) is 14.5. The molecule has 2 aromatic rings. The van der Waals surface area contributed by atoms with Gasteiger partial charge in [0.2, 0.25) is 10.0 Å². The van der Waals surface area contributed by atoms with Gasteiger partial charge < -0.3 is 9.32 Å². The minimum atomic E-state index is -3.27. The summed E-state index contributed by atoms with van der Waals surface area (Å²) in [5.41, 5.74) is 0.679. The molecule has 124 valence electrons. The third-order valence-electron chi connectivity index (χ3n) is 4.11. The van der Waals surface area contributed by atoms with Crippen molar-refractivity contribution >= 4 is 26.9 Å². The van der Waals surface area contributed by atoms with Crippen molar-refractivity contribution in [2.24, 2.45) is 0 Å². The highest BCUT2D eigenvalue weighted by Crippen LogP contribution is 2.24. The minimum absolute atomic E-state index is 0.140. The molecule has 1 atom stereocenters. The second-order valence-corrected chi connectivity index (χ2v) is 7.75. The van der Waals surface area contributed by atoms with Crippen LogP contribution < -0.4 is 4.72 Å². The van der Waals surface area contributed by atoms with Crippen LogP contribution in [-0.4, -0.2) is 44.6 Å². The average molecular weight is 336 g/mol. The van der Waals surface area contributed by atoms with Crippen molar-refractivity contribution in [2.75, 3.05) is 19.3 Å². The topological polar surface area (TPSA) is 79.6 Å². The highest BCUT2D eigenvalue weighted by molar-refractivity contribution is 7.88. The number of nitrogens with one attached hydrogen (secondary N) is 1. The number of nitrogens with zero attached hydrogens (tertiary/aromatic N) is 1. The van der Waals surface area contributed by atoms with Crippen molar-refractivity contribution in [3.63, 3.8) is 0 Å². The Bertz CT molecular complexity index is 779. The van der Waals surface area contributed by atoms with Gasteiger partial charge in [-0.3, -0.25) is 4.79 Å². The first-order chi connectivity index (χ1) is 10.9. The summed E-state index contributed by atoms with van der Waals surface area (Å²) in [6.45, 7) is 0.858. The summed E-state index contributed by atoms with van der Waals surface area (Å²) in [5, 5.41) is 0.888. The molecule has 1 aliphatic rings. The third kappa shape index (κ3) is 3.73. The van der Waals surface area contributed by atoms with E-state index in [4.69, 9.17) is 4.42 Å². The third-order valence-corrected chi connectivity index (χ3v) is 4.80. The number of rotatable bonds is 4. The zero-order chi connectivity index (χ0) is 16.4. The first-order valence-corrected chi connectivity index (χ1v) is 9.57. The van der Waals surface area contributed by atoms with Gasteiger partial charge in [0.25, 0.3) is 5.91 Å². The molecule has 6 nitrogen and oxygen atoms in total. The maximum atomic E-state index is 12.8. The molecule has 1 N–H and O–H groups in total. The van der Waals surface area contributed by atoms with Crippen LogP contribution in [0.15, 0.2) is 34.7 Å². The molecule has 1 aromatic carbocycles. The summed E-state index contributed by atoms with van der Waals surface area (Å²) in [6.07, 6.45) is 3.82. The van der Waals surface area contributed by atoms with Crippen molar-refractivity contribution in [2.45, 2.75) is 25.3 Å². The lowest BCUT2D eigenvalue weighted by atomic mass is 10.0. The van der Waals surface area contributed by atoms with E-state index in [9.17, 15) is 13.2 Å². The van der Waals surface area contributed by atoms with Crippen LogP contribution in [0.2, 0.25) is 0 Å². The fourth-order valence-corrected chi connectivity index (χ4v) is 3.45. The molecule has 1 unspecified atom stereocenters. The van der Waals surface area contributed by atoms with Gasteiger partial charge in [-0.25, -0.2) is 13.1 Å². The monoisotopic (exact) mass is 336 g/mol. The molecule has 0 bridgehead atoms. The van der Waals surface area contributed by atoms with Gasteiger partial charge in [0.1, 0.15) is 5.58 Å². The van der Waals surface area contributed by atoms with Gasteiger partial charge in [0.15, 0.2) is 5.76 Å². The Morgan fingerprint density at radius 1 is 1.35 bits per heavy atom. The van der Waals surface area contributed by atoms with E-state index in [0.717, 1.165) is 30.9 Å². The molecule has 23 heavy (non-hydrogen) atoms. The van der Waals surface area contributed by atoms with Gasteiger partial charge in [-0.1, -0.05) is 18.2 Å². The first-order valence-electron chi connectivity index (χ1n) is 7.68. The SMILES string of the molecule is CS(=O)(=O)NCC1CCCCN1C(=O)c1cc2ccccc2o1. The Labute approximate surface area is 135 Å². The number of amides is 1. The summed E-state index contributed by atoms with van der Waals surface area (Å²) >= 11 is 0. The Hall–Kier alpha value is -1.86. The van der Waals surface area contributed by atoms with Gasteiger partial charge in [0, 0.05) is 24.5 Å². The molecule has 0 saturated carbocycles. The lowest BCUT2D eigenvalue weighted by Crippen LogP contribution is -2.49. The number of fused-ring (bicyclic) bond motifs is 1. The fraction of sp³-hybridized carbons (Fsp3) is 0.438. The van der Waals surface area contributed by atoms with E-state index in [2.05, 4.69) is 4.72 Å². The zero-order valence-electron chi connectivity index (χ0n) is 13.0. The van der Waals surface area contributed by atoms with E-state index < -0.39 is 10.0 Å². The van der Waals surface area contributed by atoms with E-state index in [1.807, 2.05) is 24.3 Å². The molecule has 1 fully saturated rings. The molecule has 1 saturated heterocycles. The molecule has 2 heterocycles. The van der Waals surface area contributed by atoms with E-state index >= 15 is 0 Å². The lowest BCUT2D eigenvalue weighted by molar-refractivity contribution is 0.0588. The Morgan fingerprint density at radius 2 is 2.13 bits per heavy atom. The molecule has 1 amide bonds. The predicted molar refractivity (Wildman–Crippen MR) is 87.7 cm³/mol. The van der Waals surface area contributed by atoms with Gasteiger partial charge >= 0.3 is 0 Å². The van der Waals surface area contributed by atoms with Crippen molar-refractivity contribution in [3.8, 4) is 0 Å². The van der Waals surface area contributed by atoms with Crippen LogP contribution in [0.4, 0.5) is 0 Å². The van der Waals surface area contributed by atoms with Crippen LogP contribution >= 0.6 is 0 Å². The van der Waals surface area contributed by atoms with Crippen LogP contribution in [-0.2, 0) is 10.0 Å². The number of carbonyl (C=O) groups is 1. The second-order valence-electron chi connectivity index (χ2n) is 5.92. The summed E-state index contributed by atoms with van der Waals surface area (Å²) in [5.74, 6) is 0.124. The Morgan fingerprint density at radius 3 is 2.87 bits per heavy atom. The molecule has 3 rings (SSSR count). The van der Waals surface area contributed by atoms with E-state index in [0.29, 0.717) is 17.9 Å².